The van der Waals surface area contributed by atoms with Gasteiger partial charge in [0.05, 0.1) is 7.11 Å². The first kappa shape index (κ1) is 13.8. The lowest BCUT2D eigenvalue weighted by atomic mass is 9.88. The summed E-state index contributed by atoms with van der Waals surface area (Å²) >= 11 is 0. The highest BCUT2D eigenvalue weighted by atomic mass is 16.5. The lowest BCUT2D eigenvalue weighted by Gasteiger charge is -2.23. The maximum atomic E-state index is 10.2. The van der Waals surface area contributed by atoms with E-state index in [2.05, 4.69) is 13.8 Å². The van der Waals surface area contributed by atoms with E-state index in [-0.39, 0.29) is 11.3 Å². The molecule has 1 aromatic rings. The molecule has 0 aromatic heterocycles. The smallest absolute Gasteiger partial charge is 0.161 e. The van der Waals surface area contributed by atoms with Crippen LogP contribution in [-0.4, -0.2) is 17.8 Å². The molecule has 0 aliphatic rings. The molecule has 1 rings (SSSR count). The lowest BCUT2D eigenvalue weighted by Crippen LogP contribution is -2.34. The monoisotopic (exact) mass is 237 g/mol. The van der Waals surface area contributed by atoms with E-state index < -0.39 is 0 Å². The number of nitrogens with two attached hydrogens (primary N) is 1. The predicted octanol–water partition coefficient (Wildman–Crippen LogP) is 2.80. The number of phenols is 1. The van der Waals surface area contributed by atoms with Crippen molar-refractivity contribution in [3.63, 3.8) is 0 Å². The van der Waals surface area contributed by atoms with Crippen LogP contribution in [0.25, 0.3) is 0 Å². The van der Waals surface area contributed by atoms with Crippen molar-refractivity contribution in [2.45, 2.75) is 45.6 Å². The highest BCUT2D eigenvalue weighted by molar-refractivity contribution is 5.51. The minimum atomic E-state index is -0.354. The van der Waals surface area contributed by atoms with Crippen molar-refractivity contribution >= 4 is 0 Å². The third kappa shape index (κ3) is 3.37. The van der Waals surface area contributed by atoms with Crippen molar-refractivity contribution in [2.75, 3.05) is 7.11 Å². The van der Waals surface area contributed by atoms with E-state index in [0.717, 1.165) is 11.1 Å². The molecule has 1 aromatic carbocycles. The van der Waals surface area contributed by atoms with Gasteiger partial charge in [0.2, 0.25) is 0 Å². The number of benzene rings is 1. The summed E-state index contributed by atoms with van der Waals surface area (Å²) in [5.41, 5.74) is 7.71. The fourth-order valence-electron chi connectivity index (χ4n) is 1.98. The summed E-state index contributed by atoms with van der Waals surface area (Å²) in [6.07, 6.45) is 0.629. The van der Waals surface area contributed by atoms with E-state index in [1.165, 1.54) is 0 Å². The van der Waals surface area contributed by atoms with Crippen molar-refractivity contribution in [3.8, 4) is 11.5 Å². The van der Waals surface area contributed by atoms with Gasteiger partial charge in [0.15, 0.2) is 11.5 Å². The minimum Gasteiger partial charge on any atom is -0.504 e. The zero-order valence-corrected chi connectivity index (χ0v) is 11.4. The maximum absolute atomic E-state index is 10.2. The van der Waals surface area contributed by atoms with Gasteiger partial charge in [0, 0.05) is 11.1 Å². The third-order valence-electron chi connectivity index (χ3n) is 2.76. The number of phenolic OH excluding ortho intramolecular Hbond substituents is 1. The molecular weight excluding hydrogens is 214 g/mol. The Labute approximate surface area is 104 Å². The van der Waals surface area contributed by atoms with Crippen molar-refractivity contribution in [2.24, 2.45) is 5.73 Å². The van der Waals surface area contributed by atoms with Crippen LogP contribution in [-0.2, 0) is 6.42 Å². The molecule has 3 heteroatoms. The molecular formula is C14H23NO2. The molecule has 0 saturated carbocycles. The Hall–Kier alpha value is -1.22. The van der Waals surface area contributed by atoms with Gasteiger partial charge < -0.3 is 15.6 Å². The topological polar surface area (TPSA) is 55.5 Å². The Bertz CT molecular complexity index is 392. The molecule has 96 valence electrons. The van der Waals surface area contributed by atoms with Crippen molar-refractivity contribution in [3.05, 3.63) is 23.3 Å². The largest absolute Gasteiger partial charge is 0.504 e. The van der Waals surface area contributed by atoms with Crippen molar-refractivity contribution in [1.82, 2.24) is 0 Å². The van der Waals surface area contributed by atoms with Gasteiger partial charge in [-0.2, -0.15) is 0 Å². The van der Waals surface area contributed by atoms with E-state index in [1.54, 1.807) is 13.2 Å². The van der Waals surface area contributed by atoms with Gasteiger partial charge >= 0.3 is 0 Å². The standard InChI is InChI=1S/C14H23NO2/c1-9(2)10-6-7-12(17-5)13(16)11(10)8-14(3,4)15/h6-7,9,16H,8,15H2,1-5H3. The number of hydrogen-bond donors (Lipinski definition) is 2. The Morgan fingerprint density at radius 1 is 1.35 bits per heavy atom. The Morgan fingerprint density at radius 3 is 2.35 bits per heavy atom. The van der Waals surface area contributed by atoms with Crippen LogP contribution in [0.15, 0.2) is 12.1 Å². The maximum Gasteiger partial charge on any atom is 0.161 e. The van der Waals surface area contributed by atoms with E-state index in [4.69, 9.17) is 10.5 Å². The van der Waals surface area contributed by atoms with Crippen molar-refractivity contribution < 1.29 is 9.84 Å². The van der Waals surface area contributed by atoms with Crippen molar-refractivity contribution in [1.29, 1.82) is 0 Å². The lowest BCUT2D eigenvalue weighted by molar-refractivity contribution is 0.366. The summed E-state index contributed by atoms with van der Waals surface area (Å²) < 4.78 is 5.14. The van der Waals surface area contributed by atoms with Crippen LogP contribution in [0.3, 0.4) is 0 Å². The molecule has 0 unspecified atom stereocenters. The summed E-state index contributed by atoms with van der Waals surface area (Å²) in [5.74, 6) is 1.08. The molecule has 0 spiro atoms. The molecule has 0 aliphatic carbocycles. The van der Waals surface area contributed by atoms with Gasteiger partial charge in [-0.15, -0.1) is 0 Å². The molecule has 0 aliphatic heterocycles. The number of hydrogen-bond acceptors (Lipinski definition) is 3. The van der Waals surface area contributed by atoms with Crippen LogP contribution in [0.4, 0.5) is 0 Å². The molecule has 3 N–H and O–H groups in total. The third-order valence-corrected chi connectivity index (χ3v) is 2.76. The predicted molar refractivity (Wildman–Crippen MR) is 70.7 cm³/mol. The van der Waals surface area contributed by atoms with Gasteiger partial charge in [0.25, 0.3) is 0 Å². The van der Waals surface area contributed by atoms with Gasteiger partial charge in [-0.25, -0.2) is 0 Å². The first-order valence-corrected chi connectivity index (χ1v) is 5.94. The zero-order valence-electron chi connectivity index (χ0n) is 11.4. The van der Waals surface area contributed by atoms with E-state index in [0.29, 0.717) is 18.1 Å². The molecule has 0 radical (unpaired) electrons. The first-order valence-electron chi connectivity index (χ1n) is 5.94. The van der Waals surface area contributed by atoms with Gasteiger partial charge in [-0.05, 0) is 37.8 Å². The summed E-state index contributed by atoms with van der Waals surface area (Å²) in [6.45, 7) is 8.12. The highest BCUT2D eigenvalue weighted by Crippen LogP contribution is 2.37. The van der Waals surface area contributed by atoms with Crippen LogP contribution >= 0.6 is 0 Å². The molecule has 0 heterocycles. The Morgan fingerprint density at radius 2 is 1.94 bits per heavy atom. The van der Waals surface area contributed by atoms with Crippen LogP contribution in [0, 0.1) is 0 Å². The first-order chi connectivity index (χ1) is 7.76. The molecule has 0 atom stereocenters. The quantitative estimate of drug-likeness (QED) is 0.846. The fourth-order valence-corrected chi connectivity index (χ4v) is 1.98. The second-order valence-electron chi connectivity index (χ2n) is 5.50. The van der Waals surface area contributed by atoms with Crippen LogP contribution < -0.4 is 10.5 Å². The number of methoxy groups -OCH3 is 1. The van der Waals surface area contributed by atoms with E-state index in [9.17, 15) is 5.11 Å². The number of ether oxygens (including phenoxy) is 1. The van der Waals surface area contributed by atoms with Crippen LogP contribution in [0.1, 0.15) is 44.7 Å². The average molecular weight is 237 g/mol. The summed E-state index contributed by atoms with van der Waals surface area (Å²) in [5, 5.41) is 10.2. The van der Waals surface area contributed by atoms with Crippen LogP contribution in [0.2, 0.25) is 0 Å². The average Bonchev–Trinajstić information content (AvgIpc) is 2.18. The molecule has 0 fully saturated rings. The Balaban J connectivity index is 3.30. The molecule has 0 amide bonds. The Kier molecular flexibility index (Phi) is 4.04. The fraction of sp³-hybridized carbons (Fsp3) is 0.571. The molecule has 0 bridgehead atoms. The molecule has 0 saturated heterocycles. The summed E-state index contributed by atoms with van der Waals surface area (Å²) in [7, 11) is 1.56. The van der Waals surface area contributed by atoms with E-state index in [1.807, 2.05) is 19.9 Å². The SMILES string of the molecule is COc1ccc(C(C)C)c(CC(C)(C)N)c1O. The number of aromatic hydroxyl groups is 1. The van der Waals surface area contributed by atoms with Gasteiger partial charge in [0.1, 0.15) is 0 Å². The second kappa shape index (κ2) is 4.96. The summed E-state index contributed by atoms with van der Waals surface area (Å²) in [6, 6.07) is 3.81. The second-order valence-corrected chi connectivity index (χ2v) is 5.50. The zero-order chi connectivity index (χ0) is 13.2. The minimum absolute atomic E-state index is 0.220. The molecule has 3 nitrogen and oxygen atoms in total. The van der Waals surface area contributed by atoms with Crippen LogP contribution in [0.5, 0.6) is 11.5 Å². The highest BCUT2D eigenvalue weighted by Gasteiger charge is 2.21. The molecule has 17 heavy (non-hydrogen) atoms. The summed E-state index contributed by atoms with van der Waals surface area (Å²) in [4.78, 5) is 0. The van der Waals surface area contributed by atoms with Gasteiger partial charge in [-0.1, -0.05) is 19.9 Å². The van der Waals surface area contributed by atoms with E-state index >= 15 is 0 Å². The number of rotatable bonds is 4. The normalized spacial score (nSPS) is 11.9. The van der Waals surface area contributed by atoms with Gasteiger partial charge in [-0.3, -0.25) is 0 Å².